The summed E-state index contributed by atoms with van der Waals surface area (Å²) in [4.78, 5) is 13.1. The van der Waals surface area contributed by atoms with Crippen LogP contribution in [0.2, 0.25) is 0 Å². The molecule has 2 unspecified atom stereocenters. The Kier molecular flexibility index (Phi) is 4.55. The molecule has 2 aromatic carbocycles. The fraction of sp³-hybridized carbons (Fsp3) is 0.381. The number of ether oxygens (including phenoxy) is 1. The molecule has 2 aliphatic rings. The Hall–Kier alpha value is -2.17. The Morgan fingerprint density at radius 2 is 1.96 bits per heavy atom. The summed E-state index contributed by atoms with van der Waals surface area (Å²) in [7, 11) is 0. The number of likely N-dealkylation sites (tertiary alicyclic amines) is 1. The molecular formula is C21H24N2O2. The number of rotatable bonds is 5. The van der Waals surface area contributed by atoms with Gasteiger partial charge in [-0.15, -0.1) is 0 Å². The number of carbonyl (C=O) groups excluding carboxylic acids is 1. The molecule has 2 aliphatic heterocycles. The van der Waals surface area contributed by atoms with Gasteiger partial charge in [0.2, 0.25) is 0 Å². The van der Waals surface area contributed by atoms with E-state index in [0.717, 1.165) is 32.5 Å². The Morgan fingerprint density at radius 1 is 1.16 bits per heavy atom. The van der Waals surface area contributed by atoms with E-state index in [0.29, 0.717) is 18.3 Å². The van der Waals surface area contributed by atoms with E-state index < -0.39 is 0 Å². The predicted molar refractivity (Wildman–Crippen MR) is 97.3 cm³/mol. The highest BCUT2D eigenvalue weighted by molar-refractivity contribution is 5.46. The molecule has 25 heavy (non-hydrogen) atoms. The summed E-state index contributed by atoms with van der Waals surface area (Å²) < 4.78 is 4.92. The van der Waals surface area contributed by atoms with Crippen LogP contribution in [0.1, 0.15) is 30.4 Å². The van der Waals surface area contributed by atoms with Gasteiger partial charge in [-0.1, -0.05) is 42.5 Å². The van der Waals surface area contributed by atoms with Crippen molar-refractivity contribution in [2.45, 2.75) is 37.4 Å². The smallest absolute Gasteiger partial charge is 0.298 e. The molecule has 2 bridgehead atoms. The fourth-order valence-corrected chi connectivity index (χ4v) is 4.37. The van der Waals surface area contributed by atoms with Crippen LogP contribution in [0.3, 0.4) is 0 Å². The van der Waals surface area contributed by atoms with Gasteiger partial charge in [-0.25, -0.2) is 0 Å². The van der Waals surface area contributed by atoms with Gasteiger partial charge < -0.3 is 10.1 Å². The minimum Gasteiger partial charge on any atom is -0.429 e. The standard InChI is InChI=1S/C21H24N2O2/c24-16-25-20-8-6-18(7-9-20)21-11-13-23(19(14-21)10-12-22-21)15-17-4-2-1-3-5-17/h1-9,16,19,22H,10-15H2. The van der Waals surface area contributed by atoms with Crippen molar-refractivity contribution in [3.63, 3.8) is 0 Å². The minimum atomic E-state index is 0.0514. The highest BCUT2D eigenvalue weighted by Crippen LogP contribution is 2.40. The van der Waals surface area contributed by atoms with Crippen molar-refractivity contribution >= 4 is 6.47 Å². The van der Waals surface area contributed by atoms with Gasteiger partial charge in [0, 0.05) is 24.7 Å². The molecule has 0 spiro atoms. The number of benzene rings is 2. The van der Waals surface area contributed by atoms with Crippen molar-refractivity contribution in [2.24, 2.45) is 0 Å². The van der Waals surface area contributed by atoms with E-state index in [-0.39, 0.29) is 5.54 Å². The quantitative estimate of drug-likeness (QED) is 0.852. The molecule has 0 amide bonds. The molecule has 0 aromatic heterocycles. The maximum atomic E-state index is 10.5. The van der Waals surface area contributed by atoms with E-state index in [9.17, 15) is 4.79 Å². The topological polar surface area (TPSA) is 41.6 Å². The van der Waals surface area contributed by atoms with Crippen LogP contribution in [0, 0.1) is 0 Å². The average Bonchev–Trinajstić information content (AvgIpc) is 2.66. The molecule has 0 radical (unpaired) electrons. The van der Waals surface area contributed by atoms with Crippen molar-refractivity contribution in [1.29, 1.82) is 0 Å². The second-order valence-electron chi connectivity index (χ2n) is 7.10. The van der Waals surface area contributed by atoms with Crippen LogP contribution in [-0.2, 0) is 16.9 Å². The van der Waals surface area contributed by atoms with Crippen LogP contribution in [0.4, 0.5) is 0 Å². The van der Waals surface area contributed by atoms with Gasteiger partial charge in [0.05, 0.1) is 0 Å². The molecule has 4 rings (SSSR count). The summed E-state index contributed by atoms with van der Waals surface area (Å²) in [6.07, 6.45) is 3.43. The van der Waals surface area contributed by atoms with Gasteiger partial charge in [0.1, 0.15) is 5.75 Å². The maximum absolute atomic E-state index is 10.5. The van der Waals surface area contributed by atoms with Crippen molar-refractivity contribution in [2.75, 3.05) is 13.1 Å². The lowest BCUT2D eigenvalue weighted by Gasteiger charge is -2.51. The van der Waals surface area contributed by atoms with Gasteiger partial charge in [0.15, 0.2) is 0 Å². The van der Waals surface area contributed by atoms with E-state index in [1.807, 2.05) is 12.1 Å². The predicted octanol–water partition coefficient (Wildman–Crippen LogP) is 3.08. The van der Waals surface area contributed by atoms with Gasteiger partial charge in [-0.2, -0.15) is 0 Å². The first-order valence-corrected chi connectivity index (χ1v) is 9.03. The zero-order valence-electron chi connectivity index (χ0n) is 14.4. The Bertz CT molecular complexity index is 716. The number of piperidine rings is 2. The van der Waals surface area contributed by atoms with Crippen LogP contribution >= 0.6 is 0 Å². The number of nitrogens with one attached hydrogen (secondary N) is 1. The monoisotopic (exact) mass is 336 g/mol. The molecule has 2 fully saturated rings. The maximum Gasteiger partial charge on any atom is 0.298 e. The van der Waals surface area contributed by atoms with E-state index in [1.54, 1.807) is 0 Å². The number of hydrogen-bond donors (Lipinski definition) is 1. The van der Waals surface area contributed by atoms with Crippen molar-refractivity contribution in [1.82, 2.24) is 10.2 Å². The lowest BCUT2D eigenvalue weighted by molar-refractivity contribution is -0.120. The fourth-order valence-electron chi connectivity index (χ4n) is 4.37. The summed E-state index contributed by atoms with van der Waals surface area (Å²) in [5.74, 6) is 0.601. The van der Waals surface area contributed by atoms with E-state index >= 15 is 0 Å². The third-order valence-corrected chi connectivity index (χ3v) is 5.69. The molecule has 0 saturated carbocycles. The molecule has 4 heteroatoms. The van der Waals surface area contributed by atoms with Crippen LogP contribution in [0.15, 0.2) is 54.6 Å². The lowest BCUT2D eigenvalue weighted by atomic mass is 9.74. The number of fused-ring (bicyclic) bond motifs is 2. The number of hydrogen-bond acceptors (Lipinski definition) is 4. The van der Waals surface area contributed by atoms with Crippen LogP contribution in [0.25, 0.3) is 0 Å². The summed E-state index contributed by atoms with van der Waals surface area (Å²) in [5, 5.41) is 3.78. The average molecular weight is 336 g/mol. The third kappa shape index (κ3) is 3.32. The zero-order valence-corrected chi connectivity index (χ0v) is 14.4. The zero-order chi connectivity index (χ0) is 17.1. The number of carbonyl (C=O) groups is 1. The molecule has 1 N–H and O–H groups in total. The van der Waals surface area contributed by atoms with Crippen molar-refractivity contribution in [3.05, 3.63) is 65.7 Å². The number of nitrogens with zero attached hydrogens (tertiary/aromatic N) is 1. The minimum absolute atomic E-state index is 0.0514. The first-order chi connectivity index (χ1) is 12.3. The van der Waals surface area contributed by atoms with E-state index in [4.69, 9.17) is 4.74 Å². The van der Waals surface area contributed by atoms with Crippen LogP contribution in [-0.4, -0.2) is 30.5 Å². The molecule has 0 aliphatic carbocycles. The highest BCUT2D eigenvalue weighted by atomic mass is 16.5. The summed E-state index contributed by atoms with van der Waals surface area (Å²) in [5.41, 5.74) is 2.74. The van der Waals surface area contributed by atoms with Gasteiger partial charge in [-0.05, 0) is 49.1 Å². The molecule has 2 saturated heterocycles. The van der Waals surface area contributed by atoms with Crippen LogP contribution in [0.5, 0.6) is 5.75 Å². The Labute approximate surface area is 148 Å². The van der Waals surface area contributed by atoms with Crippen LogP contribution < -0.4 is 10.1 Å². The third-order valence-electron chi connectivity index (χ3n) is 5.69. The summed E-state index contributed by atoms with van der Waals surface area (Å²) in [6, 6.07) is 19.3. The van der Waals surface area contributed by atoms with Crippen molar-refractivity contribution < 1.29 is 9.53 Å². The highest BCUT2D eigenvalue weighted by Gasteiger charge is 2.43. The molecule has 2 aromatic rings. The second kappa shape index (κ2) is 6.98. The van der Waals surface area contributed by atoms with Crippen molar-refractivity contribution in [3.8, 4) is 5.75 Å². The summed E-state index contributed by atoms with van der Waals surface area (Å²) >= 11 is 0. The first-order valence-electron chi connectivity index (χ1n) is 9.03. The molecule has 130 valence electrons. The lowest BCUT2D eigenvalue weighted by Crippen LogP contribution is -2.59. The second-order valence-corrected chi connectivity index (χ2v) is 7.10. The molecule has 2 heterocycles. The van der Waals surface area contributed by atoms with Gasteiger partial charge in [0.25, 0.3) is 6.47 Å². The SMILES string of the molecule is O=COc1ccc(C23CCN(Cc4ccccc4)C(CCN2)C3)cc1. The Morgan fingerprint density at radius 3 is 2.72 bits per heavy atom. The first kappa shape index (κ1) is 16.3. The van der Waals surface area contributed by atoms with Gasteiger partial charge in [-0.3, -0.25) is 9.69 Å². The van der Waals surface area contributed by atoms with E-state index in [1.165, 1.54) is 17.5 Å². The van der Waals surface area contributed by atoms with E-state index in [2.05, 4.69) is 52.7 Å². The molecular weight excluding hydrogens is 312 g/mol. The molecule has 2 atom stereocenters. The largest absolute Gasteiger partial charge is 0.429 e. The summed E-state index contributed by atoms with van der Waals surface area (Å²) in [6.45, 7) is 3.65. The van der Waals surface area contributed by atoms with Gasteiger partial charge >= 0.3 is 0 Å². The normalized spacial score (nSPS) is 26.2. The molecule has 4 nitrogen and oxygen atoms in total. The Balaban J connectivity index is 1.50.